The molecule has 3 aromatic rings. The highest BCUT2D eigenvalue weighted by Crippen LogP contribution is 2.34. The van der Waals surface area contributed by atoms with Gasteiger partial charge >= 0.3 is 0 Å². The molecule has 1 aromatic carbocycles. The second-order valence-electron chi connectivity index (χ2n) is 10.1. The highest BCUT2D eigenvalue weighted by Gasteiger charge is 2.26. The number of hydrogen-bond donors (Lipinski definition) is 3. The molecule has 34 heavy (non-hydrogen) atoms. The van der Waals surface area contributed by atoms with Crippen LogP contribution < -0.4 is 10.5 Å². The van der Waals surface area contributed by atoms with Crippen LogP contribution in [0.3, 0.4) is 0 Å². The van der Waals surface area contributed by atoms with Crippen molar-refractivity contribution in [2.45, 2.75) is 75.8 Å². The van der Waals surface area contributed by atoms with E-state index in [9.17, 15) is 13.5 Å². The van der Waals surface area contributed by atoms with Crippen LogP contribution in [0.2, 0.25) is 0 Å². The van der Waals surface area contributed by atoms with E-state index in [1.54, 1.807) is 24.4 Å². The maximum absolute atomic E-state index is 13.1. The average Bonchev–Trinajstić information content (AvgIpc) is 3.27. The highest BCUT2D eigenvalue weighted by atomic mass is 32.2. The smallest absolute Gasteiger partial charge is 0.240 e. The van der Waals surface area contributed by atoms with Crippen LogP contribution in [0.1, 0.15) is 57.7 Å². The molecule has 1 saturated carbocycles. The van der Waals surface area contributed by atoms with Gasteiger partial charge in [-0.2, -0.15) is 0 Å². The second kappa shape index (κ2) is 9.13. The number of benzene rings is 1. The van der Waals surface area contributed by atoms with Crippen molar-refractivity contribution in [2.75, 3.05) is 5.73 Å². The van der Waals surface area contributed by atoms with E-state index < -0.39 is 10.0 Å². The Morgan fingerprint density at radius 3 is 2.44 bits per heavy atom. The molecule has 9 heteroatoms. The van der Waals surface area contributed by atoms with Crippen LogP contribution in [-0.4, -0.2) is 35.8 Å². The van der Waals surface area contributed by atoms with E-state index in [1.807, 2.05) is 39.8 Å². The first-order valence-electron chi connectivity index (χ1n) is 11.5. The van der Waals surface area contributed by atoms with Crippen molar-refractivity contribution < 1.29 is 18.0 Å². The number of aryl methyl sites for hydroxylation is 1. The zero-order valence-electron chi connectivity index (χ0n) is 20.0. The molecule has 0 atom stereocenters. The third-order valence-electron chi connectivity index (χ3n) is 6.31. The van der Waals surface area contributed by atoms with Crippen LogP contribution in [-0.2, 0) is 15.4 Å². The summed E-state index contributed by atoms with van der Waals surface area (Å²) in [6.07, 6.45) is 3.74. The van der Waals surface area contributed by atoms with Crippen molar-refractivity contribution in [3.63, 3.8) is 0 Å². The van der Waals surface area contributed by atoms with Crippen molar-refractivity contribution in [1.29, 1.82) is 0 Å². The molecule has 2 heterocycles. The minimum Gasteiger partial charge on any atom is -0.393 e. The third kappa shape index (κ3) is 5.16. The largest absolute Gasteiger partial charge is 0.393 e. The van der Waals surface area contributed by atoms with E-state index in [-0.39, 0.29) is 22.5 Å². The lowest BCUT2D eigenvalue weighted by atomic mass is 9.92. The predicted octanol–water partition coefficient (Wildman–Crippen LogP) is 4.17. The fraction of sp³-hybridized carbons (Fsp3) is 0.440. The summed E-state index contributed by atoms with van der Waals surface area (Å²) in [6.45, 7) is 8.06. The SMILES string of the molecule is Cc1ccc(S(=O)(=O)NC2CCC(O)CC2)cc1-c1cnc(N)c(-c2cc(C(C)(C)C)no2)c1. The number of pyridine rings is 1. The Morgan fingerprint density at radius 1 is 1.09 bits per heavy atom. The maximum Gasteiger partial charge on any atom is 0.240 e. The number of nitrogens with two attached hydrogens (primary N) is 1. The average molecular weight is 485 g/mol. The first-order valence-corrected chi connectivity index (χ1v) is 13.0. The quantitative estimate of drug-likeness (QED) is 0.495. The van der Waals surface area contributed by atoms with E-state index in [1.165, 1.54) is 0 Å². The van der Waals surface area contributed by atoms with Crippen molar-refractivity contribution in [3.05, 3.63) is 47.8 Å². The summed E-state index contributed by atoms with van der Waals surface area (Å²) in [4.78, 5) is 4.53. The van der Waals surface area contributed by atoms with Crippen LogP contribution in [0, 0.1) is 6.92 Å². The molecule has 1 aliphatic rings. The molecule has 0 aliphatic heterocycles. The molecule has 1 fully saturated rings. The number of nitrogens with zero attached hydrogens (tertiary/aromatic N) is 2. The van der Waals surface area contributed by atoms with Gasteiger partial charge in [0.2, 0.25) is 10.0 Å². The first-order chi connectivity index (χ1) is 15.9. The van der Waals surface area contributed by atoms with Crippen molar-refractivity contribution >= 4 is 15.8 Å². The molecule has 1 aliphatic carbocycles. The minimum atomic E-state index is -3.71. The fourth-order valence-corrected chi connectivity index (χ4v) is 5.47. The lowest BCUT2D eigenvalue weighted by Gasteiger charge is -2.26. The Labute approximate surface area is 200 Å². The van der Waals surface area contributed by atoms with Crippen molar-refractivity contribution in [1.82, 2.24) is 14.9 Å². The number of aromatic nitrogens is 2. The Kier molecular flexibility index (Phi) is 6.54. The maximum atomic E-state index is 13.1. The van der Waals surface area contributed by atoms with E-state index >= 15 is 0 Å². The summed E-state index contributed by atoms with van der Waals surface area (Å²) < 4.78 is 34.5. The summed E-state index contributed by atoms with van der Waals surface area (Å²) in [5, 5.41) is 13.9. The number of anilines is 1. The summed E-state index contributed by atoms with van der Waals surface area (Å²) in [5.41, 5.74) is 9.76. The number of nitrogens with one attached hydrogen (secondary N) is 1. The van der Waals surface area contributed by atoms with Crippen LogP contribution in [0.4, 0.5) is 5.82 Å². The topological polar surface area (TPSA) is 131 Å². The number of hydrogen-bond acceptors (Lipinski definition) is 7. The number of aliphatic hydroxyl groups is 1. The Morgan fingerprint density at radius 2 is 1.79 bits per heavy atom. The molecule has 0 saturated heterocycles. The second-order valence-corrected chi connectivity index (χ2v) is 11.8. The molecule has 0 bridgehead atoms. The third-order valence-corrected chi connectivity index (χ3v) is 7.83. The van der Waals surface area contributed by atoms with Gasteiger partial charge in [0, 0.05) is 29.3 Å². The Balaban J connectivity index is 1.67. The van der Waals surface area contributed by atoms with Crippen LogP contribution in [0.5, 0.6) is 0 Å². The monoisotopic (exact) mass is 484 g/mol. The van der Waals surface area contributed by atoms with Crippen molar-refractivity contribution in [3.8, 4) is 22.5 Å². The Bertz CT molecular complexity index is 1290. The van der Waals surface area contributed by atoms with Crippen LogP contribution in [0.25, 0.3) is 22.5 Å². The molecule has 0 spiro atoms. The van der Waals surface area contributed by atoms with E-state index in [4.69, 9.17) is 10.3 Å². The summed E-state index contributed by atoms with van der Waals surface area (Å²) in [5.74, 6) is 0.822. The van der Waals surface area contributed by atoms with Gasteiger partial charge in [-0.1, -0.05) is 32.0 Å². The number of nitrogen functional groups attached to an aromatic ring is 1. The van der Waals surface area contributed by atoms with E-state index in [0.29, 0.717) is 42.8 Å². The summed E-state index contributed by atoms with van der Waals surface area (Å²) in [6, 6.07) is 8.59. The highest BCUT2D eigenvalue weighted by molar-refractivity contribution is 7.89. The molecule has 8 nitrogen and oxygen atoms in total. The van der Waals surface area contributed by atoms with Crippen LogP contribution >= 0.6 is 0 Å². The van der Waals surface area contributed by atoms with Gasteiger partial charge in [0.25, 0.3) is 0 Å². The van der Waals surface area contributed by atoms with Gasteiger partial charge in [-0.25, -0.2) is 18.1 Å². The van der Waals surface area contributed by atoms with Gasteiger partial charge in [0.15, 0.2) is 5.76 Å². The zero-order chi connectivity index (χ0) is 24.7. The van der Waals surface area contributed by atoms with Gasteiger partial charge in [-0.3, -0.25) is 0 Å². The molecule has 0 unspecified atom stereocenters. The van der Waals surface area contributed by atoms with Gasteiger partial charge < -0.3 is 15.4 Å². The summed E-state index contributed by atoms with van der Waals surface area (Å²) >= 11 is 0. The first kappa shape index (κ1) is 24.4. The standard InChI is InChI=1S/C25H32N4O4S/c1-15-5-10-19(34(31,32)29-17-6-8-18(30)9-7-17)12-20(15)16-11-21(24(26)27-14-16)22-13-23(28-33-22)25(2,3)4/h5,10-14,17-18,29-30H,6-9H2,1-4H3,(H2,26,27). The fourth-order valence-electron chi connectivity index (χ4n) is 4.14. The zero-order valence-corrected chi connectivity index (χ0v) is 20.8. The lowest BCUT2D eigenvalue weighted by Crippen LogP contribution is -2.38. The van der Waals surface area contributed by atoms with Gasteiger partial charge in [0.05, 0.1) is 22.3 Å². The summed E-state index contributed by atoms with van der Waals surface area (Å²) in [7, 11) is -3.71. The number of rotatable bonds is 5. The van der Waals surface area contributed by atoms with Gasteiger partial charge in [-0.05, 0) is 61.9 Å². The number of aliphatic hydroxyl groups excluding tert-OH is 1. The lowest BCUT2D eigenvalue weighted by molar-refractivity contribution is 0.120. The van der Waals surface area contributed by atoms with Crippen molar-refractivity contribution in [2.24, 2.45) is 0 Å². The molecule has 4 N–H and O–H groups in total. The van der Waals surface area contributed by atoms with E-state index in [2.05, 4.69) is 14.9 Å². The molecule has 0 amide bonds. The van der Waals surface area contributed by atoms with E-state index in [0.717, 1.165) is 22.4 Å². The molecular formula is C25H32N4O4S. The molecular weight excluding hydrogens is 452 g/mol. The predicted molar refractivity (Wildman–Crippen MR) is 132 cm³/mol. The molecule has 4 rings (SSSR count). The minimum absolute atomic E-state index is 0.175. The molecule has 2 aromatic heterocycles. The van der Waals surface area contributed by atoms with Gasteiger partial charge in [-0.15, -0.1) is 0 Å². The normalized spacial score (nSPS) is 19.3. The molecule has 182 valence electrons. The molecule has 0 radical (unpaired) electrons. The Hall–Kier alpha value is -2.75. The van der Waals surface area contributed by atoms with Gasteiger partial charge in [0.1, 0.15) is 5.82 Å². The number of sulfonamides is 1. The van der Waals surface area contributed by atoms with Crippen LogP contribution in [0.15, 0.2) is 45.9 Å².